The summed E-state index contributed by atoms with van der Waals surface area (Å²) in [5.74, 6) is -0.111. The van der Waals surface area contributed by atoms with Crippen LogP contribution in [0, 0.1) is 5.92 Å². The zero-order valence-corrected chi connectivity index (χ0v) is 13.2. The van der Waals surface area contributed by atoms with Gasteiger partial charge in [-0.1, -0.05) is 12.1 Å². The van der Waals surface area contributed by atoms with Gasteiger partial charge >= 0.3 is 5.97 Å². The quantitative estimate of drug-likeness (QED) is 0.815. The molecule has 5 nitrogen and oxygen atoms in total. The van der Waals surface area contributed by atoms with Crippen molar-refractivity contribution in [3.63, 3.8) is 0 Å². The Labute approximate surface area is 131 Å². The minimum Gasteiger partial charge on any atom is -0.462 e. The first kappa shape index (κ1) is 16.5. The molecule has 0 aliphatic carbocycles. The molecule has 2 N–H and O–H groups in total. The van der Waals surface area contributed by atoms with E-state index in [1.165, 1.54) is 0 Å². The normalized spacial score (nSPS) is 21.2. The second kappa shape index (κ2) is 7.94. The molecule has 1 amide bonds. The first-order chi connectivity index (χ1) is 10.6. The van der Waals surface area contributed by atoms with Gasteiger partial charge in [-0.05, 0) is 50.9 Å². The van der Waals surface area contributed by atoms with Crippen LogP contribution < -0.4 is 10.6 Å². The number of hydrogen-bond acceptors (Lipinski definition) is 4. The smallest absolute Gasteiger partial charge is 0.338 e. The van der Waals surface area contributed by atoms with Crippen molar-refractivity contribution < 1.29 is 14.3 Å². The number of piperidine rings is 1. The molecule has 120 valence electrons. The second-order valence-electron chi connectivity index (χ2n) is 5.71. The van der Waals surface area contributed by atoms with E-state index in [1.54, 1.807) is 19.1 Å². The summed E-state index contributed by atoms with van der Waals surface area (Å²) in [6.45, 7) is 5.63. The van der Waals surface area contributed by atoms with Crippen LogP contribution in [0.3, 0.4) is 0 Å². The van der Waals surface area contributed by atoms with Crippen LogP contribution in [0.5, 0.6) is 0 Å². The van der Waals surface area contributed by atoms with Gasteiger partial charge in [0.2, 0.25) is 5.91 Å². The highest BCUT2D eigenvalue weighted by molar-refractivity contribution is 5.89. The Morgan fingerprint density at radius 3 is 2.68 bits per heavy atom. The maximum atomic E-state index is 12.2. The zero-order chi connectivity index (χ0) is 15.9. The van der Waals surface area contributed by atoms with E-state index in [1.807, 2.05) is 12.1 Å². The summed E-state index contributed by atoms with van der Waals surface area (Å²) in [5, 5.41) is 6.32. The molecule has 0 bridgehead atoms. The Kier molecular flexibility index (Phi) is 5.95. The van der Waals surface area contributed by atoms with E-state index >= 15 is 0 Å². The molecule has 5 heteroatoms. The molecule has 0 saturated carbocycles. The highest BCUT2D eigenvalue weighted by atomic mass is 16.5. The summed E-state index contributed by atoms with van der Waals surface area (Å²) in [7, 11) is 0. The molecule has 1 aromatic rings. The first-order valence-electron chi connectivity index (χ1n) is 7.87. The van der Waals surface area contributed by atoms with E-state index in [-0.39, 0.29) is 17.8 Å². The molecule has 1 aromatic carbocycles. The Morgan fingerprint density at radius 2 is 2.05 bits per heavy atom. The average molecular weight is 304 g/mol. The van der Waals surface area contributed by atoms with Crippen LogP contribution in [-0.4, -0.2) is 31.1 Å². The van der Waals surface area contributed by atoms with Crippen LogP contribution in [0.1, 0.15) is 42.6 Å². The minimum absolute atomic E-state index is 0.0926. The number of hydrogen-bond donors (Lipinski definition) is 2. The fourth-order valence-corrected chi connectivity index (χ4v) is 2.68. The molecule has 1 saturated heterocycles. The van der Waals surface area contributed by atoms with Crippen LogP contribution in [0.15, 0.2) is 24.3 Å². The summed E-state index contributed by atoms with van der Waals surface area (Å²) in [6.07, 6.45) is 1.77. The van der Waals surface area contributed by atoms with Gasteiger partial charge in [-0.2, -0.15) is 0 Å². The van der Waals surface area contributed by atoms with Gasteiger partial charge in [0.15, 0.2) is 0 Å². The van der Waals surface area contributed by atoms with E-state index in [0.29, 0.717) is 24.8 Å². The van der Waals surface area contributed by atoms with Gasteiger partial charge in [0, 0.05) is 18.5 Å². The van der Waals surface area contributed by atoms with E-state index in [4.69, 9.17) is 4.74 Å². The van der Waals surface area contributed by atoms with Crippen molar-refractivity contribution in [3.8, 4) is 0 Å². The van der Waals surface area contributed by atoms with E-state index in [9.17, 15) is 9.59 Å². The van der Waals surface area contributed by atoms with E-state index in [2.05, 4.69) is 17.6 Å². The molecular weight excluding hydrogens is 280 g/mol. The number of ether oxygens (including phenoxy) is 1. The SMILES string of the molecule is CCOC(=O)c1ccc(CNC(=O)[C@H]2CCN[C@@H](C)C2)cc1. The molecule has 1 fully saturated rings. The molecular formula is C17H24N2O3. The topological polar surface area (TPSA) is 67.4 Å². The molecule has 2 atom stereocenters. The number of esters is 1. The lowest BCUT2D eigenvalue weighted by Crippen LogP contribution is -2.42. The van der Waals surface area contributed by atoms with E-state index in [0.717, 1.165) is 24.9 Å². The largest absolute Gasteiger partial charge is 0.462 e. The highest BCUT2D eigenvalue weighted by Gasteiger charge is 2.24. The third-order valence-corrected chi connectivity index (χ3v) is 3.93. The third-order valence-electron chi connectivity index (χ3n) is 3.93. The molecule has 2 rings (SSSR count). The predicted molar refractivity (Wildman–Crippen MR) is 84.4 cm³/mol. The number of carbonyl (C=O) groups is 2. The fourth-order valence-electron chi connectivity index (χ4n) is 2.68. The standard InChI is InChI=1S/C17H24N2O3/c1-3-22-17(21)14-6-4-13(5-7-14)11-19-16(20)15-8-9-18-12(2)10-15/h4-7,12,15,18H,3,8-11H2,1-2H3,(H,19,20)/t12-,15-/m0/s1. The Hall–Kier alpha value is -1.88. The van der Waals surface area contributed by atoms with Crippen molar-refractivity contribution >= 4 is 11.9 Å². The summed E-state index contributed by atoms with van der Waals surface area (Å²) < 4.78 is 4.94. The lowest BCUT2D eigenvalue weighted by molar-refractivity contribution is -0.126. The molecule has 0 aromatic heterocycles. The van der Waals surface area contributed by atoms with Crippen LogP contribution >= 0.6 is 0 Å². The number of nitrogens with one attached hydrogen (secondary N) is 2. The van der Waals surface area contributed by atoms with Crippen LogP contribution in [0.2, 0.25) is 0 Å². The van der Waals surface area contributed by atoms with Gasteiger partial charge in [0.25, 0.3) is 0 Å². The molecule has 1 aliphatic rings. The molecule has 0 spiro atoms. The number of amides is 1. The van der Waals surface area contributed by atoms with Crippen LogP contribution in [0.4, 0.5) is 0 Å². The summed E-state index contributed by atoms with van der Waals surface area (Å²) in [5.41, 5.74) is 1.51. The number of benzene rings is 1. The second-order valence-corrected chi connectivity index (χ2v) is 5.71. The van der Waals surface area contributed by atoms with Gasteiger partial charge < -0.3 is 15.4 Å². The van der Waals surface area contributed by atoms with Gasteiger partial charge in [0.1, 0.15) is 0 Å². The van der Waals surface area contributed by atoms with Crippen LogP contribution in [0.25, 0.3) is 0 Å². The third kappa shape index (κ3) is 4.56. The monoisotopic (exact) mass is 304 g/mol. The van der Waals surface area contributed by atoms with Crippen molar-refractivity contribution in [2.45, 2.75) is 39.3 Å². The molecule has 1 aliphatic heterocycles. The molecule has 0 unspecified atom stereocenters. The Morgan fingerprint density at radius 1 is 1.32 bits per heavy atom. The Balaban J connectivity index is 1.83. The zero-order valence-electron chi connectivity index (χ0n) is 13.2. The predicted octanol–water partition coefficient (Wildman–Crippen LogP) is 1.87. The van der Waals surface area contributed by atoms with Crippen molar-refractivity contribution in [2.75, 3.05) is 13.2 Å². The number of rotatable bonds is 5. The van der Waals surface area contributed by atoms with Gasteiger partial charge in [0.05, 0.1) is 12.2 Å². The summed E-state index contributed by atoms with van der Waals surface area (Å²) >= 11 is 0. The van der Waals surface area contributed by atoms with Gasteiger partial charge in [-0.25, -0.2) is 4.79 Å². The first-order valence-corrected chi connectivity index (χ1v) is 7.87. The van der Waals surface area contributed by atoms with Crippen molar-refractivity contribution in [3.05, 3.63) is 35.4 Å². The summed E-state index contributed by atoms with van der Waals surface area (Å²) in [4.78, 5) is 23.7. The van der Waals surface area contributed by atoms with Crippen molar-refractivity contribution in [2.24, 2.45) is 5.92 Å². The lowest BCUT2D eigenvalue weighted by atomic mass is 9.92. The van der Waals surface area contributed by atoms with Crippen molar-refractivity contribution in [1.29, 1.82) is 0 Å². The highest BCUT2D eigenvalue weighted by Crippen LogP contribution is 2.16. The Bertz CT molecular complexity index is 513. The average Bonchev–Trinajstić information content (AvgIpc) is 2.53. The lowest BCUT2D eigenvalue weighted by Gasteiger charge is -2.27. The molecule has 0 radical (unpaired) electrons. The molecule has 22 heavy (non-hydrogen) atoms. The minimum atomic E-state index is -0.318. The maximum Gasteiger partial charge on any atom is 0.338 e. The maximum absolute atomic E-state index is 12.2. The summed E-state index contributed by atoms with van der Waals surface area (Å²) in [6, 6.07) is 7.54. The number of carbonyl (C=O) groups excluding carboxylic acids is 2. The van der Waals surface area contributed by atoms with Crippen LogP contribution in [-0.2, 0) is 16.1 Å². The van der Waals surface area contributed by atoms with E-state index < -0.39 is 0 Å². The van der Waals surface area contributed by atoms with Gasteiger partial charge in [-0.15, -0.1) is 0 Å². The fraction of sp³-hybridized carbons (Fsp3) is 0.529. The van der Waals surface area contributed by atoms with Crippen molar-refractivity contribution in [1.82, 2.24) is 10.6 Å². The van der Waals surface area contributed by atoms with Gasteiger partial charge in [-0.3, -0.25) is 4.79 Å². The molecule has 1 heterocycles.